The Kier molecular flexibility index (Phi) is 2.52. The molecule has 0 radical (unpaired) electrons. The minimum Gasteiger partial charge on any atom is -0.372 e. The van der Waals surface area contributed by atoms with E-state index in [1.54, 1.807) is 0 Å². The Hall–Kier alpha value is -2.29. The molecule has 0 bridgehead atoms. The van der Waals surface area contributed by atoms with Crippen molar-refractivity contribution in [3.05, 3.63) is 59.7 Å². The Bertz CT molecular complexity index is 607. The highest BCUT2D eigenvalue weighted by atomic mass is 16.7. The first kappa shape index (κ1) is 10.8. The van der Waals surface area contributed by atoms with E-state index < -0.39 is 0 Å². The zero-order valence-corrected chi connectivity index (χ0v) is 10.1. The number of aryl methyl sites for hydroxylation is 1. The Labute approximate surface area is 106 Å². The monoisotopic (exact) mass is 239 g/mol. The van der Waals surface area contributed by atoms with Crippen molar-refractivity contribution in [2.24, 2.45) is 0 Å². The summed E-state index contributed by atoms with van der Waals surface area (Å²) in [5, 5.41) is 1.37. The molecule has 2 aromatic rings. The highest BCUT2D eigenvalue weighted by Crippen LogP contribution is 2.28. The summed E-state index contributed by atoms with van der Waals surface area (Å²) in [7, 11) is 0. The topological polar surface area (TPSA) is 29.5 Å². The number of fused-ring (bicyclic) bond motifs is 1. The lowest BCUT2D eigenvalue weighted by Crippen LogP contribution is -2.39. The van der Waals surface area contributed by atoms with Crippen molar-refractivity contribution in [2.75, 3.05) is 5.06 Å². The predicted octanol–water partition coefficient (Wildman–Crippen LogP) is 2.88. The Balaban J connectivity index is 1.98. The van der Waals surface area contributed by atoms with Gasteiger partial charge in [0.2, 0.25) is 0 Å². The van der Waals surface area contributed by atoms with E-state index in [-0.39, 0.29) is 5.91 Å². The summed E-state index contributed by atoms with van der Waals surface area (Å²) in [5.41, 5.74) is 2.81. The number of amides is 1. The maximum absolute atomic E-state index is 12.1. The lowest BCUT2D eigenvalue weighted by Gasteiger charge is -2.28. The van der Waals surface area contributed by atoms with Gasteiger partial charge >= 0.3 is 0 Å². The first-order chi connectivity index (χ1) is 8.74. The van der Waals surface area contributed by atoms with Crippen LogP contribution in [0.2, 0.25) is 0 Å². The predicted molar refractivity (Wildman–Crippen MR) is 69.4 cm³/mol. The molecule has 3 nitrogen and oxygen atoms in total. The third kappa shape index (κ3) is 1.84. The first-order valence-electron chi connectivity index (χ1n) is 5.89. The number of para-hydroxylation sites is 1. The van der Waals surface area contributed by atoms with Gasteiger partial charge in [-0.05, 0) is 30.7 Å². The summed E-state index contributed by atoms with van der Waals surface area (Å²) in [6.07, 6.45) is 0.379. The standard InChI is InChI=1S/C15H13NO2/c1-11-5-4-7-13(9-11)16-15(17)10-12-6-2-3-8-14(12)18-16/h2-9H,10H2,1H3. The molecule has 0 unspecified atom stereocenters. The van der Waals surface area contributed by atoms with Crippen LogP contribution in [0.1, 0.15) is 11.1 Å². The van der Waals surface area contributed by atoms with E-state index in [1.807, 2.05) is 55.5 Å². The van der Waals surface area contributed by atoms with Gasteiger partial charge in [-0.1, -0.05) is 30.3 Å². The van der Waals surface area contributed by atoms with Gasteiger partial charge in [0.05, 0.1) is 12.1 Å². The van der Waals surface area contributed by atoms with Crippen molar-refractivity contribution in [3.8, 4) is 5.75 Å². The molecule has 2 aromatic carbocycles. The Morgan fingerprint density at radius 2 is 1.94 bits per heavy atom. The lowest BCUT2D eigenvalue weighted by atomic mass is 10.1. The SMILES string of the molecule is Cc1cccc(N2Oc3ccccc3CC2=O)c1. The van der Waals surface area contributed by atoms with Gasteiger partial charge in [0, 0.05) is 5.56 Å². The van der Waals surface area contributed by atoms with E-state index >= 15 is 0 Å². The molecule has 1 heterocycles. The van der Waals surface area contributed by atoms with Gasteiger partial charge in [-0.3, -0.25) is 4.79 Å². The molecular formula is C15H13NO2. The average Bonchev–Trinajstić information content (AvgIpc) is 2.38. The van der Waals surface area contributed by atoms with Crippen LogP contribution in [0, 0.1) is 6.92 Å². The second-order valence-electron chi connectivity index (χ2n) is 4.40. The van der Waals surface area contributed by atoms with Crippen LogP contribution in [0.15, 0.2) is 48.5 Å². The van der Waals surface area contributed by atoms with Gasteiger partial charge in [-0.15, -0.1) is 5.06 Å². The van der Waals surface area contributed by atoms with Gasteiger partial charge in [-0.25, -0.2) is 0 Å². The zero-order valence-electron chi connectivity index (χ0n) is 10.1. The number of anilines is 1. The van der Waals surface area contributed by atoms with Gasteiger partial charge in [0.1, 0.15) is 0 Å². The van der Waals surface area contributed by atoms with Crippen molar-refractivity contribution in [3.63, 3.8) is 0 Å². The maximum atomic E-state index is 12.1. The number of hydroxylamine groups is 1. The van der Waals surface area contributed by atoms with Crippen molar-refractivity contribution in [1.29, 1.82) is 0 Å². The summed E-state index contributed by atoms with van der Waals surface area (Å²) in [6, 6.07) is 15.3. The van der Waals surface area contributed by atoms with E-state index in [9.17, 15) is 4.79 Å². The van der Waals surface area contributed by atoms with E-state index in [0.29, 0.717) is 6.42 Å². The zero-order chi connectivity index (χ0) is 12.5. The number of hydrogen-bond acceptors (Lipinski definition) is 2. The summed E-state index contributed by atoms with van der Waals surface area (Å²) in [4.78, 5) is 17.7. The summed E-state index contributed by atoms with van der Waals surface area (Å²) in [5.74, 6) is 0.706. The molecule has 3 rings (SSSR count). The number of rotatable bonds is 1. The van der Waals surface area contributed by atoms with E-state index in [1.165, 1.54) is 5.06 Å². The van der Waals surface area contributed by atoms with Crippen LogP contribution in [-0.2, 0) is 11.2 Å². The average molecular weight is 239 g/mol. The fourth-order valence-corrected chi connectivity index (χ4v) is 2.07. The molecule has 18 heavy (non-hydrogen) atoms. The van der Waals surface area contributed by atoms with Crippen LogP contribution in [0.25, 0.3) is 0 Å². The number of nitrogens with zero attached hydrogens (tertiary/aromatic N) is 1. The van der Waals surface area contributed by atoms with Crippen LogP contribution in [-0.4, -0.2) is 5.91 Å². The largest absolute Gasteiger partial charge is 0.372 e. The Morgan fingerprint density at radius 1 is 1.11 bits per heavy atom. The van der Waals surface area contributed by atoms with Crippen LogP contribution in [0.5, 0.6) is 5.75 Å². The van der Waals surface area contributed by atoms with E-state index in [2.05, 4.69) is 0 Å². The summed E-state index contributed by atoms with van der Waals surface area (Å²) >= 11 is 0. The minimum atomic E-state index is -0.0423. The van der Waals surface area contributed by atoms with E-state index in [4.69, 9.17) is 4.84 Å². The molecule has 1 aliphatic rings. The number of benzene rings is 2. The quantitative estimate of drug-likeness (QED) is 0.765. The fourth-order valence-electron chi connectivity index (χ4n) is 2.07. The van der Waals surface area contributed by atoms with E-state index in [0.717, 1.165) is 22.6 Å². The van der Waals surface area contributed by atoms with Crippen molar-refractivity contribution < 1.29 is 9.63 Å². The normalized spacial score (nSPS) is 14.1. The molecule has 0 spiro atoms. The molecule has 0 fully saturated rings. The molecule has 0 aromatic heterocycles. The fraction of sp³-hybridized carbons (Fsp3) is 0.133. The molecule has 90 valence electrons. The summed E-state index contributed by atoms with van der Waals surface area (Å²) < 4.78 is 0. The smallest absolute Gasteiger partial charge is 0.264 e. The van der Waals surface area contributed by atoms with Gasteiger partial charge in [0.15, 0.2) is 5.75 Å². The number of carbonyl (C=O) groups excluding carboxylic acids is 1. The molecule has 1 aliphatic heterocycles. The van der Waals surface area contributed by atoms with Crippen LogP contribution >= 0.6 is 0 Å². The van der Waals surface area contributed by atoms with Gasteiger partial charge in [0.25, 0.3) is 5.91 Å². The maximum Gasteiger partial charge on any atom is 0.264 e. The van der Waals surface area contributed by atoms with Gasteiger partial charge < -0.3 is 4.84 Å². The third-order valence-electron chi connectivity index (χ3n) is 2.97. The molecule has 0 saturated carbocycles. The van der Waals surface area contributed by atoms with Crippen molar-refractivity contribution in [1.82, 2.24) is 0 Å². The molecule has 1 amide bonds. The first-order valence-corrected chi connectivity index (χ1v) is 5.89. The molecule has 0 aliphatic carbocycles. The van der Waals surface area contributed by atoms with Crippen LogP contribution in [0.4, 0.5) is 5.69 Å². The van der Waals surface area contributed by atoms with Gasteiger partial charge in [-0.2, -0.15) is 0 Å². The minimum absolute atomic E-state index is 0.0423. The van der Waals surface area contributed by atoms with Crippen LogP contribution < -0.4 is 9.90 Å². The van der Waals surface area contributed by atoms with Crippen molar-refractivity contribution >= 4 is 11.6 Å². The molecular weight excluding hydrogens is 226 g/mol. The Morgan fingerprint density at radius 3 is 2.78 bits per heavy atom. The molecule has 0 N–H and O–H groups in total. The second kappa shape index (κ2) is 4.18. The highest BCUT2D eigenvalue weighted by molar-refractivity contribution is 5.95. The highest BCUT2D eigenvalue weighted by Gasteiger charge is 2.25. The number of hydrogen-bond donors (Lipinski definition) is 0. The van der Waals surface area contributed by atoms with Crippen molar-refractivity contribution in [2.45, 2.75) is 13.3 Å². The number of carbonyl (C=O) groups is 1. The second-order valence-corrected chi connectivity index (χ2v) is 4.40. The third-order valence-corrected chi connectivity index (χ3v) is 2.97. The lowest BCUT2D eigenvalue weighted by molar-refractivity contribution is -0.123. The van der Waals surface area contributed by atoms with Crippen LogP contribution in [0.3, 0.4) is 0 Å². The summed E-state index contributed by atoms with van der Waals surface area (Å²) in [6.45, 7) is 1.99. The molecule has 0 saturated heterocycles. The molecule has 0 atom stereocenters. The molecule has 3 heteroatoms.